The maximum absolute atomic E-state index is 11.5. The normalized spacial score (nSPS) is 21.3. The molecule has 1 aromatic carbocycles. The molecule has 0 saturated carbocycles. The number of aliphatic carboxylic acids is 1. The summed E-state index contributed by atoms with van der Waals surface area (Å²) in [4.78, 5) is 34.6. The fourth-order valence-electron chi connectivity index (χ4n) is 2.45. The molecule has 1 heterocycles. The molecule has 1 amide bonds. The number of hydrogen-bond donors (Lipinski definition) is 2. The second-order valence-corrected chi connectivity index (χ2v) is 5.36. The van der Waals surface area contributed by atoms with Gasteiger partial charge in [0, 0.05) is 25.2 Å². The number of hydrogen-bond acceptors (Lipinski definition) is 5. The largest absolute Gasteiger partial charge is 0.481 e. The molecule has 1 atom stereocenters. The molecule has 1 aromatic rings. The van der Waals surface area contributed by atoms with Crippen LogP contribution in [0.1, 0.15) is 23.7 Å². The number of amides is 1. The maximum Gasteiger partial charge on any atom is 0.311 e. The lowest BCUT2D eigenvalue weighted by Crippen LogP contribution is -2.32. The molecule has 1 aliphatic heterocycles. The van der Waals surface area contributed by atoms with Crippen LogP contribution in [0.5, 0.6) is 0 Å². The Hall–Kier alpha value is -2.64. The van der Waals surface area contributed by atoms with E-state index in [-0.39, 0.29) is 17.8 Å². The van der Waals surface area contributed by atoms with Crippen LogP contribution >= 0.6 is 0 Å². The minimum atomic E-state index is -0.910. The van der Waals surface area contributed by atoms with Gasteiger partial charge in [0.2, 0.25) is 0 Å². The summed E-state index contributed by atoms with van der Waals surface area (Å²) in [5.41, 5.74) is 4.59. The van der Waals surface area contributed by atoms with Gasteiger partial charge in [-0.1, -0.05) is 0 Å². The zero-order chi connectivity index (χ0) is 15.8. The van der Waals surface area contributed by atoms with Gasteiger partial charge in [-0.3, -0.25) is 19.7 Å². The third kappa shape index (κ3) is 2.64. The first kappa shape index (κ1) is 14.8. The number of nitrogens with two attached hydrogens (primary N) is 1. The molecule has 21 heavy (non-hydrogen) atoms. The average Bonchev–Trinajstić information content (AvgIpc) is 2.82. The molecule has 8 nitrogen and oxygen atoms in total. The summed E-state index contributed by atoms with van der Waals surface area (Å²) in [5.74, 6) is -1.69. The molecule has 1 saturated heterocycles. The number of nitro groups is 1. The van der Waals surface area contributed by atoms with Crippen LogP contribution in [0.15, 0.2) is 18.2 Å². The average molecular weight is 293 g/mol. The van der Waals surface area contributed by atoms with Crippen LogP contribution in [-0.4, -0.2) is 35.0 Å². The third-order valence-electron chi connectivity index (χ3n) is 3.79. The predicted molar refractivity (Wildman–Crippen MR) is 74.2 cm³/mol. The van der Waals surface area contributed by atoms with Crippen LogP contribution in [0, 0.1) is 15.5 Å². The fourth-order valence-corrected chi connectivity index (χ4v) is 2.45. The van der Waals surface area contributed by atoms with E-state index in [0.29, 0.717) is 18.7 Å². The predicted octanol–water partition coefficient (Wildman–Crippen LogP) is 0.995. The van der Waals surface area contributed by atoms with E-state index in [4.69, 9.17) is 5.73 Å². The molecule has 1 unspecified atom stereocenters. The Balaban J connectivity index is 2.39. The van der Waals surface area contributed by atoms with Crippen LogP contribution < -0.4 is 10.6 Å². The van der Waals surface area contributed by atoms with Gasteiger partial charge in [0.25, 0.3) is 11.6 Å². The third-order valence-corrected chi connectivity index (χ3v) is 3.79. The number of rotatable bonds is 4. The van der Waals surface area contributed by atoms with Crippen molar-refractivity contribution in [3.8, 4) is 0 Å². The number of non-ortho nitro benzene ring substituents is 1. The smallest absolute Gasteiger partial charge is 0.311 e. The number of nitrogens with zero attached hydrogens (tertiary/aromatic N) is 2. The lowest BCUT2D eigenvalue weighted by molar-refractivity contribution is -0.384. The number of carboxylic acids is 1. The first-order valence-electron chi connectivity index (χ1n) is 6.31. The van der Waals surface area contributed by atoms with Crippen molar-refractivity contribution in [3.63, 3.8) is 0 Å². The number of primary amides is 1. The van der Waals surface area contributed by atoms with Crippen molar-refractivity contribution in [3.05, 3.63) is 33.9 Å². The van der Waals surface area contributed by atoms with E-state index in [1.165, 1.54) is 12.1 Å². The van der Waals surface area contributed by atoms with Gasteiger partial charge >= 0.3 is 5.97 Å². The minimum Gasteiger partial charge on any atom is -0.481 e. The molecular formula is C13H15N3O5. The van der Waals surface area contributed by atoms with Crippen molar-refractivity contribution in [1.82, 2.24) is 0 Å². The van der Waals surface area contributed by atoms with Gasteiger partial charge in [0.05, 0.1) is 21.6 Å². The molecule has 0 aromatic heterocycles. The maximum atomic E-state index is 11.5. The van der Waals surface area contributed by atoms with Crippen LogP contribution in [0.4, 0.5) is 11.4 Å². The van der Waals surface area contributed by atoms with Crippen LogP contribution in [-0.2, 0) is 4.79 Å². The number of benzene rings is 1. The Morgan fingerprint density at radius 1 is 1.48 bits per heavy atom. The molecule has 2 rings (SSSR count). The van der Waals surface area contributed by atoms with Crippen molar-refractivity contribution in [1.29, 1.82) is 0 Å². The molecule has 1 fully saturated rings. The number of anilines is 1. The Morgan fingerprint density at radius 2 is 2.14 bits per heavy atom. The first-order valence-corrected chi connectivity index (χ1v) is 6.31. The second-order valence-electron chi connectivity index (χ2n) is 5.36. The fraction of sp³-hybridized carbons (Fsp3) is 0.385. The van der Waals surface area contributed by atoms with Gasteiger partial charge in [0.15, 0.2) is 0 Å². The summed E-state index contributed by atoms with van der Waals surface area (Å²) in [5, 5.41) is 20.0. The molecule has 8 heteroatoms. The Morgan fingerprint density at radius 3 is 2.62 bits per heavy atom. The Labute approximate surface area is 120 Å². The highest BCUT2D eigenvalue weighted by molar-refractivity contribution is 5.99. The highest BCUT2D eigenvalue weighted by atomic mass is 16.6. The monoisotopic (exact) mass is 293 g/mol. The summed E-state index contributed by atoms with van der Waals surface area (Å²) >= 11 is 0. The van der Waals surface area contributed by atoms with Crippen LogP contribution in [0.3, 0.4) is 0 Å². The zero-order valence-electron chi connectivity index (χ0n) is 11.4. The molecule has 3 N–H and O–H groups in total. The zero-order valence-corrected chi connectivity index (χ0v) is 11.4. The standard InChI is InChI=1S/C13H15N3O5/c1-13(12(18)19)4-5-15(7-13)10-3-2-8(16(20)21)6-9(10)11(14)17/h2-3,6H,4-5,7H2,1H3,(H2,14,17)(H,18,19). The van der Waals surface area contributed by atoms with E-state index >= 15 is 0 Å². The summed E-state index contributed by atoms with van der Waals surface area (Å²) in [6.45, 7) is 2.30. The van der Waals surface area contributed by atoms with E-state index < -0.39 is 22.2 Å². The van der Waals surface area contributed by atoms with E-state index in [0.717, 1.165) is 6.07 Å². The van der Waals surface area contributed by atoms with Gasteiger partial charge in [-0.25, -0.2) is 0 Å². The second kappa shape index (κ2) is 5.04. The minimum absolute atomic E-state index is 0.0267. The lowest BCUT2D eigenvalue weighted by Gasteiger charge is -2.23. The van der Waals surface area contributed by atoms with Crippen LogP contribution in [0.25, 0.3) is 0 Å². The van der Waals surface area contributed by atoms with E-state index in [1.54, 1.807) is 11.8 Å². The number of carboxylic acid groups (broad SMARTS) is 1. The van der Waals surface area contributed by atoms with E-state index in [2.05, 4.69) is 0 Å². The van der Waals surface area contributed by atoms with Gasteiger partial charge in [-0.05, 0) is 19.4 Å². The van der Waals surface area contributed by atoms with Crippen molar-refractivity contribution in [2.45, 2.75) is 13.3 Å². The molecule has 0 aliphatic carbocycles. The van der Waals surface area contributed by atoms with Crippen molar-refractivity contribution >= 4 is 23.3 Å². The van der Waals surface area contributed by atoms with Crippen molar-refractivity contribution in [2.75, 3.05) is 18.0 Å². The molecule has 0 radical (unpaired) electrons. The summed E-state index contributed by atoms with van der Waals surface area (Å²) in [7, 11) is 0. The van der Waals surface area contributed by atoms with E-state index in [9.17, 15) is 24.8 Å². The quantitative estimate of drug-likeness (QED) is 0.629. The molecule has 0 bridgehead atoms. The number of nitro benzene ring substituents is 1. The molecule has 112 valence electrons. The highest BCUT2D eigenvalue weighted by Gasteiger charge is 2.41. The van der Waals surface area contributed by atoms with E-state index in [1.807, 2.05) is 0 Å². The Kier molecular flexibility index (Phi) is 3.54. The molecular weight excluding hydrogens is 278 g/mol. The lowest BCUT2D eigenvalue weighted by atomic mass is 9.90. The van der Waals surface area contributed by atoms with Gasteiger partial charge in [-0.15, -0.1) is 0 Å². The van der Waals surface area contributed by atoms with Gasteiger partial charge in [-0.2, -0.15) is 0 Å². The summed E-state index contributed by atoms with van der Waals surface area (Å²) in [6.07, 6.45) is 0.428. The topological polar surface area (TPSA) is 127 Å². The van der Waals surface area contributed by atoms with Crippen LogP contribution in [0.2, 0.25) is 0 Å². The first-order chi connectivity index (χ1) is 9.74. The van der Waals surface area contributed by atoms with Crippen molar-refractivity contribution in [2.24, 2.45) is 11.1 Å². The highest BCUT2D eigenvalue weighted by Crippen LogP contribution is 2.35. The summed E-state index contributed by atoms with van der Waals surface area (Å²) in [6, 6.07) is 3.83. The molecule has 0 spiro atoms. The SMILES string of the molecule is CC1(C(=O)O)CCN(c2ccc([N+](=O)[O-])cc2C(N)=O)C1. The summed E-state index contributed by atoms with van der Waals surface area (Å²) < 4.78 is 0. The van der Waals surface area contributed by atoms with Gasteiger partial charge in [0.1, 0.15) is 0 Å². The Bertz CT molecular complexity index is 630. The number of carbonyl (C=O) groups is 2. The molecule has 1 aliphatic rings. The number of carbonyl (C=O) groups excluding carboxylic acids is 1. The van der Waals surface area contributed by atoms with Crippen molar-refractivity contribution < 1.29 is 19.6 Å². The van der Waals surface area contributed by atoms with Gasteiger partial charge < -0.3 is 15.7 Å².